The third kappa shape index (κ3) is 4.49. The van der Waals surface area contributed by atoms with E-state index in [0.717, 1.165) is 45.1 Å². The van der Waals surface area contributed by atoms with Gasteiger partial charge >= 0.3 is 0 Å². The Morgan fingerprint density at radius 2 is 1.26 bits per heavy atom. The number of rotatable bonds is 6. The quantitative estimate of drug-likeness (QED) is 0.609. The van der Waals surface area contributed by atoms with Gasteiger partial charge in [0.25, 0.3) is 0 Å². The van der Waals surface area contributed by atoms with Crippen LogP contribution in [0.5, 0.6) is 0 Å². The highest BCUT2D eigenvalue weighted by Crippen LogP contribution is 2.29. The smallest absolute Gasteiger partial charge is 0.223 e. The van der Waals surface area contributed by atoms with Gasteiger partial charge in [-0.1, -0.05) is 0 Å². The second-order valence-electron chi connectivity index (χ2n) is 5.81. The molecule has 5 heteroatoms. The summed E-state index contributed by atoms with van der Waals surface area (Å²) >= 11 is 0. The fourth-order valence-corrected chi connectivity index (χ4v) is 2.67. The summed E-state index contributed by atoms with van der Waals surface area (Å²) in [6, 6.07) is 0. The molecule has 2 aliphatic carbocycles. The van der Waals surface area contributed by atoms with Gasteiger partial charge in [-0.05, 0) is 51.0 Å². The first-order chi connectivity index (χ1) is 9.20. The van der Waals surface area contributed by atoms with Crippen LogP contribution in [0.3, 0.4) is 0 Å². The van der Waals surface area contributed by atoms with Gasteiger partial charge < -0.3 is 16.4 Å². The van der Waals surface area contributed by atoms with E-state index < -0.39 is 0 Å². The molecule has 0 radical (unpaired) electrons. The Bertz CT molecular complexity index is 321. The van der Waals surface area contributed by atoms with Gasteiger partial charge in [0.05, 0.1) is 0 Å². The molecule has 0 heterocycles. The predicted molar refractivity (Wildman–Crippen MR) is 73.2 cm³/mol. The fraction of sp³-hybridized carbons (Fsp3) is 0.857. The van der Waals surface area contributed by atoms with Crippen LogP contribution in [0.25, 0.3) is 0 Å². The summed E-state index contributed by atoms with van der Waals surface area (Å²) in [6.45, 7) is 1.81. The minimum absolute atomic E-state index is 0.135. The van der Waals surface area contributed by atoms with E-state index >= 15 is 0 Å². The largest absolute Gasteiger partial charge is 0.354 e. The molecule has 2 fully saturated rings. The van der Waals surface area contributed by atoms with Crippen molar-refractivity contribution >= 4 is 11.8 Å². The van der Waals surface area contributed by atoms with Crippen molar-refractivity contribution in [3.05, 3.63) is 0 Å². The van der Waals surface area contributed by atoms with Gasteiger partial charge in [0.1, 0.15) is 0 Å². The minimum Gasteiger partial charge on any atom is -0.354 e. The monoisotopic (exact) mass is 267 g/mol. The lowest BCUT2D eigenvalue weighted by molar-refractivity contribution is -0.126. The zero-order chi connectivity index (χ0) is 13.7. The van der Waals surface area contributed by atoms with Gasteiger partial charge in [-0.25, -0.2) is 0 Å². The van der Waals surface area contributed by atoms with Crippen LogP contribution in [0.4, 0.5) is 0 Å². The molecule has 0 aromatic heterocycles. The molecule has 2 saturated carbocycles. The maximum absolute atomic E-state index is 11.9. The molecular formula is C14H25N3O2. The first-order valence-electron chi connectivity index (χ1n) is 7.46. The van der Waals surface area contributed by atoms with Gasteiger partial charge in [-0.15, -0.1) is 0 Å². The maximum atomic E-state index is 11.9. The second-order valence-corrected chi connectivity index (χ2v) is 5.81. The lowest BCUT2D eigenvalue weighted by atomic mass is 9.81. The number of amides is 2. The summed E-state index contributed by atoms with van der Waals surface area (Å²) in [6.07, 6.45) is 6.05. The molecule has 0 unspecified atom stereocenters. The van der Waals surface area contributed by atoms with Crippen molar-refractivity contribution in [2.45, 2.75) is 38.5 Å². The standard InChI is InChI=1S/C14H25N3O2/c15-9-10-1-3-11(4-2-10)13(18)16-7-8-17-14(19)12-5-6-12/h10-12H,1-9,15H2,(H,16,18)(H,17,19). The van der Waals surface area contributed by atoms with Crippen LogP contribution in [-0.2, 0) is 9.59 Å². The summed E-state index contributed by atoms with van der Waals surface area (Å²) in [7, 11) is 0. The molecule has 19 heavy (non-hydrogen) atoms. The Kier molecular flexibility index (Phi) is 5.19. The summed E-state index contributed by atoms with van der Waals surface area (Å²) in [5.74, 6) is 1.25. The van der Waals surface area contributed by atoms with Crippen molar-refractivity contribution in [1.82, 2.24) is 10.6 Å². The molecule has 0 bridgehead atoms. The Balaban J connectivity index is 1.55. The molecule has 2 amide bonds. The van der Waals surface area contributed by atoms with Crippen molar-refractivity contribution in [3.63, 3.8) is 0 Å². The third-order valence-corrected chi connectivity index (χ3v) is 4.22. The summed E-state index contributed by atoms with van der Waals surface area (Å²) in [5, 5.41) is 5.76. The van der Waals surface area contributed by atoms with Crippen LogP contribution in [0, 0.1) is 17.8 Å². The van der Waals surface area contributed by atoms with E-state index in [1.807, 2.05) is 0 Å². The molecule has 0 saturated heterocycles. The SMILES string of the molecule is NCC1CCC(C(=O)NCCNC(=O)C2CC2)CC1. The van der Waals surface area contributed by atoms with E-state index in [9.17, 15) is 9.59 Å². The number of nitrogens with one attached hydrogen (secondary N) is 2. The normalized spacial score (nSPS) is 26.8. The van der Waals surface area contributed by atoms with Gasteiger partial charge in [0, 0.05) is 24.9 Å². The van der Waals surface area contributed by atoms with E-state index in [1.54, 1.807) is 0 Å². The topological polar surface area (TPSA) is 84.2 Å². The Labute approximate surface area is 114 Å². The lowest BCUT2D eigenvalue weighted by Crippen LogP contribution is -2.39. The molecule has 0 aliphatic heterocycles. The zero-order valence-corrected chi connectivity index (χ0v) is 11.5. The first-order valence-corrected chi connectivity index (χ1v) is 7.46. The van der Waals surface area contributed by atoms with Crippen LogP contribution in [0.2, 0.25) is 0 Å². The van der Waals surface area contributed by atoms with Gasteiger partial charge in [0.15, 0.2) is 0 Å². The highest BCUT2D eigenvalue weighted by Gasteiger charge is 2.29. The molecule has 0 spiro atoms. The summed E-state index contributed by atoms with van der Waals surface area (Å²) < 4.78 is 0. The van der Waals surface area contributed by atoms with Crippen LogP contribution in [-0.4, -0.2) is 31.4 Å². The van der Waals surface area contributed by atoms with Crippen LogP contribution >= 0.6 is 0 Å². The van der Waals surface area contributed by atoms with Crippen molar-refractivity contribution < 1.29 is 9.59 Å². The molecule has 108 valence electrons. The van der Waals surface area contributed by atoms with Crippen molar-refractivity contribution in [2.24, 2.45) is 23.5 Å². The predicted octanol–water partition coefficient (Wildman–Crippen LogP) is 0.394. The fourth-order valence-electron chi connectivity index (χ4n) is 2.67. The molecular weight excluding hydrogens is 242 g/mol. The van der Waals surface area contributed by atoms with Crippen LogP contribution in [0.15, 0.2) is 0 Å². The first kappa shape index (κ1) is 14.3. The summed E-state index contributed by atoms with van der Waals surface area (Å²) in [4.78, 5) is 23.3. The number of nitrogens with two attached hydrogens (primary N) is 1. The summed E-state index contributed by atoms with van der Waals surface area (Å²) in [5.41, 5.74) is 5.64. The highest BCUT2D eigenvalue weighted by atomic mass is 16.2. The Morgan fingerprint density at radius 1 is 0.842 bits per heavy atom. The molecule has 4 N–H and O–H groups in total. The third-order valence-electron chi connectivity index (χ3n) is 4.22. The Hall–Kier alpha value is -1.10. The number of carbonyl (C=O) groups excluding carboxylic acids is 2. The van der Waals surface area contributed by atoms with Crippen molar-refractivity contribution in [1.29, 1.82) is 0 Å². The second kappa shape index (κ2) is 6.89. The molecule has 0 aromatic rings. The molecule has 0 aromatic carbocycles. The van der Waals surface area contributed by atoms with Crippen molar-refractivity contribution in [3.8, 4) is 0 Å². The molecule has 2 rings (SSSR count). The van der Waals surface area contributed by atoms with E-state index in [-0.39, 0.29) is 23.7 Å². The molecule has 5 nitrogen and oxygen atoms in total. The number of carbonyl (C=O) groups is 2. The van der Waals surface area contributed by atoms with Gasteiger partial charge in [-0.3, -0.25) is 9.59 Å². The van der Waals surface area contributed by atoms with E-state index in [1.165, 1.54) is 0 Å². The van der Waals surface area contributed by atoms with Gasteiger partial charge in [0.2, 0.25) is 11.8 Å². The van der Waals surface area contributed by atoms with E-state index in [2.05, 4.69) is 10.6 Å². The number of hydrogen-bond acceptors (Lipinski definition) is 3. The van der Waals surface area contributed by atoms with Gasteiger partial charge in [-0.2, -0.15) is 0 Å². The average Bonchev–Trinajstić information content (AvgIpc) is 3.27. The van der Waals surface area contributed by atoms with Crippen LogP contribution < -0.4 is 16.4 Å². The highest BCUT2D eigenvalue weighted by molar-refractivity contribution is 5.81. The molecule has 0 atom stereocenters. The lowest BCUT2D eigenvalue weighted by Gasteiger charge is -2.26. The zero-order valence-electron chi connectivity index (χ0n) is 11.5. The van der Waals surface area contributed by atoms with E-state index in [4.69, 9.17) is 5.73 Å². The van der Waals surface area contributed by atoms with E-state index in [0.29, 0.717) is 19.0 Å². The molecule has 2 aliphatic rings. The minimum atomic E-state index is 0.135. The van der Waals surface area contributed by atoms with Crippen molar-refractivity contribution in [2.75, 3.05) is 19.6 Å². The van der Waals surface area contributed by atoms with Crippen LogP contribution in [0.1, 0.15) is 38.5 Å². The number of hydrogen-bond donors (Lipinski definition) is 3. The Morgan fingerprint density at radius 3 is 1.63 bits per heavy atom. The average molecular weight is 267 g/mol. The maximum Gasteiger partial charge on any atom is 0.223 e.